The summed E-state index contributed by atoms with van der Waals surface area (Å²) in [5.74, 6) is -0.338. The van der Waals surface area contributed by atoms with Crippen LogP contribution in [0.4, 0.5) is 10.1 Å². The Kier molecular flexibility index (Phi) is 3.75. The van der Waals surface area contributed by atoms with E-state index in [1.54, 1.807) is 19.2 Å². The summed E-state index contributed by atoms with van der Waals surface area (Å²) in [5.41, 5.74) is 1.10. The molecule has 0 aromatic heterocycles. The van der Waals surface area contributed by atoms with Gasteiger partial charge in [-0.25, -0.2) is 4.39 Å². The molecule has 2 N–H and O–H groups in total. The maximum Gasteiger partial charge on any atom is 0.134 e. The normalized spacial score (nSPS) is 16.7. The van der Waals surface area contributed by atoms with Crippen LogP contribution >= 0.6 is 0 Å². The van der Waals surface area contributed by atoms with Gasteiger partial charge in [0.1, 0.15) is 11.4 Å². The zero-order valence-electron chi connectivity index (χ0n) is 11.1. The lowest BCUT2D eigenvalue weighted by atomic mass is 9.99. The second kappa shape index (κ2) is 5.31. The summed E-state index contributed by atoms with van der Waals surface area (Å²) in [5, 5.41) is 15.3. The molecule has 1 fully saturated rings. The lowest BCUT2D eigenvalue weighted by molar-refractivity contribution is 0.605. The molecule has 1 aromatic carbocycles. The van der Waals surface area contributed by atoms with Gasteiger partial charge in [-0.2, -0.15) is 5.26 Å². The zero-order valence-corrected chi connectivity index (χ0v) is 11.1. The molecule has 3 nitrogen and oxygen atoms in total. The van der Waals surface area contributed by atoms with Gasteiger partial charge in [-0.05, 0) is 43.9 Å². The number of nitrogens with one attached hydrogen (secondary N) is 2. The quantitative estimate of drug-likeness (QED) is 0.872. The number of nitriles is 1. The van der Waals surface area contributed by atoms with Crippen molar-refractivity contribution in [2.75, 3.05) is 12.4 Å². The van der Waals surface area contributed by atoms with Crippen LogP contribution in [-0.2, 0) is 0 Å². The molecular weight excluding hydrogens is 241 g/mol. The largest absolute Gasteiger partial charge is 0.388 e. The van der Waals surface area contributed by atoms with Crippen molar-refractivity contribution in [2.45, 2.75) is 31.2 Å². The second-order valence-corrected chi connectivity index (χ2v) is 4.95. The summed E-state index contributed by atoms with van der Waals surface area (Å²) in [7, 11) is 1.71. The van der Waals surface area contributed by atoms with Crippen molar-refractivity contribution in [2.24, 2.45) is 0 Å². The highest BCUT2D eigenvalue weighted by molar-refractivity contribution is 5.65. The first kappa shape index (κ1) is 13.4. The first-order chi connectivity index (χ1) is 9.10. The van der Waals surface area contributed by atoms with Gasteiger partial charge in [0.2, 0.25) is 0 Å². The Bertz CT molecular complexity index is 525. The van der Waals surface area contributed by atoms with Gasteiger partial charge in [0.15, 0.2) is 0 Å². The third kappa shape index (κ3) is 2.70. The molecule has 4 heteroatoms. The van der Waals surface area contributed by atoms with Crippen molar-refractivity contribution < 1.29 is 4.39 Å². The van der Waals surface area contributed by atoms with E-state index in [1.807, 2.05) is 0 Å². The van der Waals surface area contributed by atoms with Crippen LogP contribution in [0.25, 0.3) is 5.70 Å². The average molecular weight is 259 g/mol. The van der Waals surface area contributed by atoms with E-state index in [4.69, 9.17) is 0 Å². The Hall–Kier alpha value is -2.02. The van der Waals surface area contributed by atoms with Crippen LogP contribution in [0.3, 0.4) is 0 Å². The van der Waals surface area contributed by atoms with Crippen LogP contribution in [0.15, 0.2) is 24.8 Å². The van der Waals surface area contributed by atoms with Gasteiger partial charge >= 0.3 is 0 Å². The predicted molar refractivity (Wildman–Crippen MR) is 74.9 cm³/mol. The molecule has 1 saturated carbocycles. The average Bonchev–Trinajstić information content (AvgIpc) is 2.87. The standard InChI is InChI=1S/C15H18FN3/c1-11(18-2)13-6-5-12(9-14(13)16)19-15(10-17)7-3-4-8-15/h5-6,9,18-19H,1,3-4,7-8H2,2H3. The van der Waals surface area contributed by atoms with E-state index in [0.717, 1.165) is 25.7 Å². The number of rotatable bonds is 4. The Balaban J connectivity index is 2.21. The van der Waals surface area contributed by atoms with Crippen LogP contribution < -0.4 is 10.6 Å². The number of nitrogens with zero attached hydrogens (tertiary/aromatic N) is 1. The topological polar surface area (TPSA) is 47.8 Å². The third-order valence-electron chi connectivity index (χ3n) is 3.65. The van der Waals surface area contributed by atoms with E-state index >= 15 is 0 Å². The van der Waals surface area contributed by atoms with Crippen molar-refractivity contribution in [1.29, 1.82) is 5.26 Å². The van der Waals surface area contributed by atoms with Crippen LogP contribution in [0, 0.1) is 17.1 Å². The van der Waals surface area contributed by atoms with Crippen molar-refractivity contribution >= 4 is 11.4 Å². The van der Waals surface area contributed by atoms with Crippen LogP contribution in [-0.4, -0.2) is 12.6 Å². The van der Waals surface area contributed by atoms with Crippen molar-refractivity contribution in [3.8, 4) is 6.07 Å². The Labute approximate surface area is 113 Å². The van der Waals surface area contributed by atoms with Crippen LogP contribution in [0.1, 0.15) is 31.2 Å². The third-order valence-corrected chi connectivity index (χ3v) is 3.65. The van der Waals surface area contributed by atoms with E-state index in [1.165, 1.54) is 6.07 Å². The maximum atomic E-state index is 14.0. The molecule has 0 amide bonds. The molecule has 0 atom stereocenters. The molecule has 0 radical (unpaired) electrons. The zero-order chi connectivity index (χ0) is 13.9. The minimum absolute atomic E-state index is 0.338. The molecule has 0 heterocycles. The lowest BCUT2D eigenvalue weighted by Gasteiger charge is -2.23. The molecule has 0 spiro atoms. The SMILES string of the molecule is C=C(NC)c1ccc(NC2(C#N)CCCC2)cc1F. The molecule has 1 aliphatic carbocycles. The molecule has 0 unspecified atom stereocenters. The van der Waals surface area contributed by atoms with Crippen molar-refractivity contribution in [3.05, 3.63) is 36.2 Å². The lowest BCUT2D eigenvalue weighted by Crippen LogP contribution is -2.33. The number of hydrogen-bond donors (Lipinski definition) is 2. The molecule has 19 heavy (non-hydrogen) atoms. The van der Waals surface area contributed by atoms with Crippen LogP contribution in [0.5, 0.6) is 0 Å². The highest BCUT2D eigenvalue weighted by Gasteiger charge is 2.33. The minimum Gasteiger partial charge on any atom is -0.388 e. The molecular formula is C15H18FN3. The monoisotopic (exact) mass is 259 g/mol. The molecule has 1 aromatic rings. The Morgan fingerprint density at radius 1 is 1.42 bits per heavy atom. The fourth-order valence-corrected chi connectivity index (χ4v) is 2.49. The summed E-state index contributed by atoms with van der Waals surface area (Å²) >= 11 is 0. The molecule has 1 aliphatic rings. The first-order valence-corrected chi connectivity index (χ1v) is 6.46. The van der Waals surface area contributed by atoms with E-state index in [2.05, 4.69) is 23.3 Å². The van der Waals surface area contributed by atoms with Gasteiger partial charge < -0.3 is 10.6 Å². The van der Waals surface area contributed by atoms with Gasteiger partial charge in [-0.15, -0.1) is 0 Å². The Morgan fingerprint density at radius 3 is 2.63 bits per heavy atom. The van der Waals surface area contributed by atoms with Crippen LogP contribution in [0.2, 0.25) is 0 Å². The van der Waals surface area contributed by atoms with E-state index in [-0.39, 0.29) is 5.82 Å². The van der Waals surface area contributed by atoms with Gasteiger partial charge in [0.25, 0.3) is 0 Å². The fourth-order valence-electron chi connectivity index (χ4n) is 2.49. The summed E-state index contributed by atoms with van der Waals surface area (Å²) in [6, 6.07) is 7.22. The smallest absolute Gasteiger partial charge is 0.134 e. The fraction of sp³-hybridized carbons (Fsp3) is 0.400. The highest BCUT2D eigenvalue weighted by Crippen LogP contribution is 2.33. The molecule has 2 rings (SSSR count). The number of hydrogen-bond acceptors (Lipinski definition) is 3. The van der Waals surface area contributed by atoms with Gasteiger partial charge in [0, 0.05) is 24.0 Å². The predicted octanol–water partition coefficient (Wildman–Crippen LogP) is 3.26. The molecule has 0 saturated heterocycles. The van der Waals surface area contributed by atoms with Crippen molar-refractivity contribution in [3.63, 3.8) is 0 Å². The minimum atomic E-state index is -0.534. The maximum absolute atomic E-state index is 14.0. The summed E-state index contributed by atoms with van der Waals surface area (Å²) in [4.78, 5) is 0. The van der Waals surface area contributed by atoms with Gasteiger partial charge in [-0.1, -0.05) is 6.58 Å². The first-order valence-electron chi connectivity index (χ1n) is 6.46. The van der Waals surface area contributed by atoms with Crippen molar-refractivity contribution in [1.82, 2.24) is 5.32 Å². The van der Waals surface area contributed by atoms with E-state index in [9.17, 15) is 9.65 Å². The summed E-state index contributed by atoms with van der Waals surface area (Å²) in [6.45, 7) is 3.74. The number of halogens is 1. The number of benzene rings is 1. The van der Waals surface area contributed by atoms with E-state index in [0.29, 0.717) is 16.9 Å². The van der Waals surface area contributed by atoms with E-state index < -0.39 is 5.54 Å². The van der Waals surface area contributed by atoms with Gasteiger partial charge in [0.05, 0.1) is 6.07 Å². The Morgan fingerprint density at radius 2 is 2.11 bits per heavy atom. The molecule has 100 valence electrons. The van der Waals surface area contributed by atoms with Gasteiger partial charge in [-0.3, -0.25) is 0 Å². The summed E-state index contributed by atoms with van der Waals surface area (Å²) in [6.07, 6.45) is 3.71. The molecule has 0 bridgehead atoms. The highest BCUT2D eigenvalue weighted by atomic mass is 19.1. The second-order valence-electron chi connectivity index (χ2n) is 4.95. The summed E-state index contributed by atoms with van der Waals surface area (Å²) < 4.78 is 14.0. The number of anilines is 1. The molecule has 0 aliphatic heterocycles.